The number of aromatic nitrogens is 1. The van der Waals surface area contributed by atoms with Crippen LogP contribution in [-0.2, 0) is 0 Å². The number of benzene rings is 1. The van der Waals surface area contributed by atoms with Gasteiger partial charge in [0.1, 0.15) is 0 Å². The molecule has 2 aromatic rings. The molecule has 2 N–H and O–H groups in total. The smallest absolute Gasteiger partial charge is 0.192 e. The van der Waals surface area contributed by atoms with Gasteiger partial charge < -0.3 is 10.6 Å². The van der Waals surface area contributed by atoms with Crippen LogP contribution in [0.5, 0.6) is 0 Å². The first kappa shape index (κ1) is 12.0. The van der Waals surface area contributed by atoms with E-state index in [0.717, 1.165) is 10.9 Å². The molecular weight excluding hydrogens is 236 g/mol. The lowest BCUT2D eigenvalue weighted by Gasteiger charge is -2.30. The zero-order chi connectivity index (χ0) is 13.4. The molecule has 1 unspecified atom stereocenters. The van der Waals surface area contributed by atoms with Gasteiger partial charge in [-0.1, -0.05) is 24.3 Å². The van der Waals surface area contributed by atoms with E-state index in [1.165, 1.54) is 5.56 Å². The van der Waals surface area contributed by atoms with Crippen molar-refractivity contribution in [3.63, 3.8) is 0 Å². The molecule has 1 atom stereocenters. The van der Waals surface area contributed by atoms with Gasteiger partial charge in [-0.05, 0) is 19.9 Å². The Morgan fingerprint density at radius 2 is 2.05 bits per heavy atom. The number of rotatable bonds is 2. The van der Waals surface area contributed by atoms with Crippen LogP contribution >= 0.6 is 0 Å². The molecule has 19 heavy (non-hydrogen) atoms. The van der Waals surface area contributed by atoms with E-state index in [2.05, 4.69) is 53.0 Å². The lowest BCUT2D eigenvalue weighted by Crippen LogP contribution is -2.41. The van der Waals surface area contributed by atoms with Crippen LogP contribution in [0.15, 0.2) is 41.5 Å². The highest BCUT2D eigenvalue weighted by Crippen LogP contribution is 2.31. The lowest BCUT2D eigenvalue weighted by molar-refractivity contribution is 0.291. The van der Waals surface area contributed by atoms with Gasteiger partial charge >= 0.3 is 0 Å². The second-order valence-corrected chi connectivity index (χ2v) is 5.14. The van der Waals surface area contributed by atoms with Crippen molar-refractivity contribution in [3.05, 3.63) is 42.1 Å². The third-order valence-corrected chi connectivity index (χ3v) is 3.61. The molecule has 98 valence electrons. The first-order chi connectivity index (χ1) is 9.18. The summed E-state index contributed by atoms with van der Waals surface area (Å²) in [6.07, 6.45) is 1.84. The van der Waals surface area contributed by atoms with Gasteiger partial charge in [-0.15, -0.1) is 0 Å². The maximum atomic E-state index is 6.01. The minimum atomic E-state index is 0.193. The van der Waals surface area contributed by atoms with Crippen molar-refractivity contribution in [1.82, 2.24) is 9.88 Å². The van der Waals surface area contributed by atoms with E-state index in [0.29, 0.717) is 18.5 Å². The number of nitrogens with zero attached hydrogens (tertiary/aromatic N) is 3. The molecule has 1 aromatic heterocycles. The van der Waals surface area contributed by atoms with E-state index in [1.807, 2.05) is 12.3 Å². The van der Waals surface area contributed by atoms with Crippen LogP contribution in [0.4, 0.5) is 0 Å². The molecule has 1 aliphatic rings. The molecule has 4 heteroatoms. The first-order valence-electron chi connectivity index (χ1n) is 6.60. The number of pyridine rings is 1. The van der Waals surface area contributed by atoms with Crippen LogP contribution < -0.4 is 5.73 Å². The Bertz CT molecular complexity index is 628. The van der Waals surface area contributed by atoms with Gasteiger partial charge in [-0.3, -0.25) is 9.98 Å². The highest BCUT2D eigenvalue weighted by Gasteiger charge is 2.30. The molecule has 1 aromatic carbocycles. The highest BCUT2D eigenvalue weighted by atomic mass is 15.3. The van der Waals surface area contributed by atoms with Crippen LogP contribution in [0.1, 0.15) is 25.5 Å². The van der Waals surface area contributed by atoms with Crippen LogP contribution in [0.3, 0.4) is 0 Å². The summed E-state index contributed by atoms with van der Waals surface area (Å²) in [7, 11) is 0. The van der Waals surface area contributed by atoms with Crippen molar-refractivity contribution >= 4 is 16.9 Å². The number of nitrogens with two attached hydrogens (primary N) is 1. The average Bonchev–Trinajstić information content (AvgIpc) is 2.80. The van der Waals surface area contributed by atoms with E-state index < -0.39 is 0 Å². The molecule has 0 amide bonds. The minimum absolute atomic E-state index is 0.193. The summed E-state index contributed by atoms with van der Waals surface area (Å²) in [4.78, 5) is 11.1. The highest BCUT2D eigenvalue weighted by molar-refractivity contribution is 5.85. The molecule has 0 radical (unpaired) electrons. The summed E-state index contributed by atoms with van der Waals surface area (Å²) >= 11 is 0. The van der Waals surface area contributed by atoms with Crippen LogP contribution in [0, 0.1) is 0 Å². The van der Waals surface area contributed by atoms with Gasteiger partial charge in [0.05, 0.1) is 18.1 Å². The van der Waals surface area contributed by atoms with Crippen LogP contribution in [-0.4, -0.2) is 28.4 Å². The third kappa shape index (κ3) is 1.93. The molecular formula is C15H18N4. The van der Waals surface area contributed by atoms with Crippen LogP contribution in [0.2, 0.25) is 0 Å². The summed E-state index contributed by atoms with van der Waals surface area (Å²) in [6, 6.07) is 10.9. The standard InChI is InChI=1S/C15H18N4/c1-10(2)19-13(9-18-15(19)16)12-7-3-5-11-6-4-8-17-14(11)12/h3-8,10,13H,9H2,1-2H3,(H2,16,18). The predicted octanol–water partition coefficient (Wildman–Crippen LogP) is 2.31. The fourth-order valence-electron chi connectivity index (χ4n) is 2.78. The first-order valence-corrected chi connectivity index (χ1v) is 6.60. The maximum Gasteiger partial charge on any atom is 0.192 e. The number of hydrogen-bond donors (Lipinski definition) is 1. The molecule has 3 rings (SSSR count). The number of guanidine groups is 1. The number of fused-ring (bicyclic) bond motifs is 1. The van der Waals surface area contributed by atoms with Crippen LogP contribution in [0.25, 0.3) is 10.9 Å². The normalized spacial score (nSPS) is 19.2. The Morgan fingerprint density at radius 3 is 2.84 bits per heavy atom. The molecule has 1 aliphatic heterocycles. The Hall–Kier alpha value is -2.10. The molecule has 0 saturated carbocycles. The Labute approximate surface area is 113 Å². The van der Waals surface area contributed by atoms with Crippen molar-refractivity contribution < 1.29 is 0 Å². The van der Waals surface area contributed by atoms with Gasteiger partial charge in [0.15, 0.2) is 5.96 Å². The fraction of sp³-hybridized carbons (Fsp3) is 0.333. The van der Waals surface area contributed by atoms with E-state index in [4.69, 9.17) is 5.73 Å². The molecule has 0 fully saturated rings. The number of para-hydroxylation sites is 1. The largest absolute Gasteiger partial charge is 0.370 e. The molecule has 4 nitrogen and oxygen atoms in total. The molecule has 0 spiro atoms. The monoisotopic (exact) mass is 254 g/mol. The van der Waals surface area contributed by atoms with Crippen molar-refractivity contribution in [2.45, 2.75) is 25.9 Å². The van der Waals surface area contributed by atoms with Gasteiger partial charge in [-0.25, -0.2) is 0 Å². The average molecular weight is 254 g/mol. The summed E-state index contributed by atoms with van der Waals surface area (Å²) in [6.45, 7) is 4.98. The minimum Gasteiger partial charge on any atom is -0.370 e. The molecule has 0 aliphatic carbocycles. The van der Waals surface area contributed by atoms with E-state index >= 15 is 0 Å². The summed E-state index contributed by atoms with van der Waals surface area (Å²) in [5, 5.41) is 1.16. The molecule has 0 bridgehead atoms. The van der Waals surface area contributed by atoms with Crippen molar-refractivity contribution in [2.75, 3.05) is 6.54 Å². The summed E-state index contributed by atoms with van der Waals surface area (Å²) < 4.78 is 0. The predicted molar refractivity (Wildman–Crippen MR) is 77.9 cm³/mol. The third-order valence-electron chi connectivity index (χ3n) is 3.61. The van der Waals surface area contributed by atoms with E-state index in [-0.39, 0.29) is 6.04 Å². The molecule has 0 saturated heterocycles. The summed E-state index contributed by atoms with van der Waals surface area (Å²) in [5.74, 6) is 0.632. The van der Waals surface area contributed by atoms with Gasteiger partial charge in [-0.2, -0.15) is 0 Å². The number of aliphatic imine (C=N–C) groups is 1. The zero-order valence-corrected chi connectivity index (χ0v) is 11.2. The molecule has 2 heterocycles. The Kier molecular flexibility index (Phi) is 2.85. The number of hydrogen-bond acceptors (Lipinski definition) is 4. The second-order valence-electron chi connectivity index (χ2n) is 5.14. The van der Waals surface area contributed by atoms with Crippen molar-refractivity contribution in [2.24, 2.45) is 10.7 Å². The second kappa shape index (κ2) is 4.53. The van der Waals surface area contributed by atoms with E-state index in [9.17, 15) is 0 Å². The fourth-order valence-corrected chi connectivity index (χ4v) is 2.78. The Morgan fingerprint density at radius 1 is 1.26 bits per heavy atom. The van der Waals surface area contributed by atoms with Gasteiger partial charge in [0.2, 0.25) is 0 Å². The lowest BCUT2D eigenvalue weighted by atomic mass is 10.0. The zero-order valence-electron chi connectivity index (χ0n) is 11.2. The van der Waals surface area contributed by atoms with Gasteiger partial charge in [0.25, 0.3) is 0 Å². The quantitative estimate of drug-likeness (QED) is 0.894. The van der Waals surface area contributed by atoms with Crippen molar-refractivity contribution in [3.8, 4) is 0 Å². The Balaban J connectivity index is 2.10. The topological polar surface area (TPSA) is 54.5 Å². The van der Waals surface area contributed by atoms with E-state index in [1.54, 1.807) is 0 Å². The SMILES string of the molecule is CC(C)N1C(N)=NCC1c1cccc2cccnc12. The maximum absolute atomic E-state index is 6.01. The van der Waals surface area contributed by atoms with Crippen molar-refractivity contribution in [1.29, 1.82) is 0 Å². The van der Waals surface area contributed by atoms with Gasteiger partial charge in [0, 0.05) is 23.2 Å². The summed E-state index contributed by atoms with van der Waals surface area (Å²) in [5.41, 5.74) is 8.26.